The smallest absolute Gasteiger partial charge is 0.232 e. The van der Waals surface area contributed by atoms with E-state index in [0.717, 1.165) is 44.1 Å². The second kappa shape index (κ2) is 6.75. The summed E-state index contributed by atoms with van der Waals surface area (Å²) in [6.07, 6.45) is 5.87. The zero-order valence-corrected chi connectivity index (χ0v) is 13.9. The van der Waals surface area contributed by atoms with Gasteiger partial charge in [-0.3, -0.25) is 4.79 Å². The van der Waals surface area contributed by atoms with Crippen LogP contribution in [0.15, 0.2) is 34.9 Å². The zero-order valence-electron chi connectivity index (χ0n) is 13.9. The molecule has 0 spiro atoms. The molecule has 2 heterocycles. The molecular weight excluding hydrogens is 302 g/mol. The Balaban J connectivity index is 1.29. The normalized spacial score (nSPS) is 20.8. The van der Waals surface area contributed by atoms with Crippen molar-refractivity contribution in [2.75, 3.05) is 13.1 Å². The van der Waals surface area contributed by atoms with Crippen molar-refractivity contribution in [1.82, 2.24) is 15.0 Å². The van der Waals surface area contributed by atoms with Gasteiger partial charge in [0.2, 0.25) is 11.8 Å². The molecule has 1 saturated carbocycles. The van der Waals surface area contributed by atoms with Gasteiger partial charge in [-0.05, 0) is 37.2 Å². The third-order valence-electron chi connectivity index (χ3n) is 4.93. The van der Waals surface area contributed by atoms with Gasteiger partial charge in [-0.25, -0.2) is 0 Å². The van der Waals surface area contributed by atoms with Crippen molar-refractivity contribution in [1.29, 1.82) is 0 Å². The highest BCUT2D eigenvalue weighted by atomic mass is 16.5. The van der Waals surface area contributed by atoms with Gasteiger partial charge in [0.15, 0.2) is 5.82 Å². The molecule has 1 aromatic carbocycles. The van der Waals surface area contributed by atoms with Crippen LogP contribution in [-0.4, -0.2) is 34.0 Å². The van der Waals surface area contributed by atoms with E-state index in [1.54, 1.807) is 0 Å². The van der Waals surface area contributed by atoms with Gasteiger partial charge in [0.1, 0.15) is 0 Å². The molecule has 2 aromatic rings. The van der Waals surface area contributed by atoms with Gasteiger partial charge < -0.3 is 9.42 Å². The van der Waals surface area contributed by atoms with Crippen molar-refractivity contribution in [3.63, 3.8) is 0 Å². The van der Waals surface area contributed by atoms with Crippen molar-refractivity contribution in [2.24, 2.45) is 5.92 Å². The summed E-state index contributed by atoms with van der Waals surface area (Å²) >= 11 is 0. The Kier molecular flexibility index (Phi) is 4.32. The van der Waals surface area contributed by atoms with Gasteiger partial charge in [-0.2, -0.15) is 4.98 Å². The fourth-order valence-corrected chi connectivity index (χ4v) is 3.36. The Bertz CT molecular complexity index is 694. The number of rotatable bonds is 7. The number of amides is 1. The first kappa shape index (κ1) is 15.4. The highest BCUT2D eigenvalue weighted by molar-refractivity contribution is 5.79. The number of nitrogens with zero attached hydrogens (tertiary/aromatic N) is 3. The molecule has 5 nitrogen and oxygen atoms in total. The molecule has 1 aromatic heterocycles. The average Bonchev–Trinajstić information content (AvgIpc) is 3.16. The number of benzene rings is 1. The van der Waals surface area contributed by atoms with E-state index in [1.165, 1.54) is 18.4 Å². The van der Waals surface area contributed by atoms with Crippen molar-refractivity contribution in [2.45, 2.75) is 44.4 Å². The SMILES string of the molecule is O=C1C[C@H](c2nc(CCCc3ccccc3)no2)CN1CC1CC1. The first-order valence-electron chi connectivity index (χ1n) is 8.92. The Morgan fingerprint density at radius 2 is 2.00 bits per heavy atom. The Morgan fingerprint density at radius 1 is 1.17 bits per heavy atom. The molecule has 0 unspecified atom stereocenters. The molecule has 1 amide bonds. The minimum Gasteiger partial charge on any atom is -0.342 e. The minimum absolute atomic E-state index is 0.0756. The topological polar surface area (TPSA) is 59.2 Å². The molecule has 1 aliphatic heterocycles. The number of hydrogen-bond acceptors (Lipinski definition) is 4. The molecule has 0 N–H and O–H groups in total. The minimum atomic E-state index is 0.0756. The maximum Gasteiger partial charge on any atom is 0.232 e. The Labute approximate surface area is 142 Å². The number of carbonyl (C=O) groups is 1. The lowest BCUT2D eigenvalue weighted by atomic mass is 10.1. The summed E-state index contributed by atoms with van der Waals surface area (Å²) in [5.41, 5.74) is 1.33. The van der Waals surface area contributed by atoms with E-state index in [9.17, 15) is 4.79 Å². The van der Waals surface area contributed by atoms with Gasteiger partial charge in [0.25, 0.3) is 0 Å². The number of aryl methyl sites for hydroxylation is 2. The molecule has 24 heavy (non-hydrogen) atoms. The first-order chi connectivity index (χ1) is 11.8. The molecule has 1 saturated heterocycles. The number of likely N-dealkylation sites (tertiary alicyclic amines) is 1. The summed E-state index contributed by atoms with van der Waals surface area (Å²) in [7, 11) is 0. The maximum absolute atomic E-state index is 12.1. The predicted molar refractivity (Wildman–Crippen MR) is 89.4 cm³/mol. The lowest BCUT2D eigenvalue weighted by molar-refractivity contribution is -0.127. The summed E-state index contributed by atoms with van der Waals surface area (Å²) in [5, 5.41) is 4.10. The average molecular weight is 325 g/mol. The van der Waals surface area contributed by atoms with Crippen LogP contribution in [0.5, 0.6) is 0 Å². The van der Waals surface area contributed by atoms with Crippen molar-refractivity contribution >= 4 is 5.91 Å². The maximum atomic E-state index is 12.1. The third-order valence-corrected chi connectivity index (χ3v) is 4.93. The molecular formula is C19H23N3O2. The lowest BCUT2D eigenvalue weighted by Gasteiger charge is -2.14. The number of carbonyl (C=O) groups excluding carboxylic acids is 1. The second-order valence-electron chi connectivity index (χ2n) is 7.03. The van der Waals surface area contributed by atoms with Crippen LogP contribution in [0.4, 0.5) is 0 Å². The van der Waals surface area contributed by atoms with Gasteiger partial charge in [-0.15, -0.1) is 0 Å². The van der Waals surface area contributed by atoms with Gasteiger partial charge >= 0.3 is 0 Å². The van der Waals surface area contributed by atoms with Crippen molar-refractivity contribution in [3.05, 3.63) is 47.6 Å². The van der Waals surface area contributed by atoms with Crippen LogP contribution in [-0.2, 0) is 17.6 Å². The van der Waals surface area contributed by atoms with Gasteiger partial charge in [-0.1, -0.05) is 35.5 Å². The van der Waals surface area contributed by atoms with E-state index >= 15 is 0 Å². The molecule has 4 rings (SSSR count). The van der Waals surface area contributed by atoms with Crippen LogP contribution in [0.1, 0.15) is 48.9 Å². The zero-order chi connectivity index (χ0) is 16.4. The fraction of sp³-hybridized carbons (Fsp3) is 0.526. The summed E-state index contributed by atoms with van der Waals surface area (Å²) in [5.74, 6) is 2.43. The van der Waals surface area contributed by atoms with Crippen molar-refractivity contribution < 1.29 is 9.32 Å². The Morgan fingerprint density at radius 3 is 2.79 bits per heavy atom. The van der Waals surface area contributed by atoms with Crippen LogP contribution in [0.2, 0.25) is 0 Å². The second-order valence-corrected chi connectivity index (χ2v) is 7.03. The molecule has 2 aliphatic rings. The van der Waals surface area contributed by atoms with Crippen LogP contribution < -0.4 is 0 Å². The van der Waals surface area contributed by atoms with Crippen molar-refractivity contribution in [3.8, 4) is 0 Å². The number of hydrogen-bond donors (Lipinski definition) is 0. The molecule has 5 heteroatoms. The molecule has 0 bridgehead atoms. The van der Waals surface area contributed by atoms with Crippen LogP contribution in [0, 0.1) is 5.92 Å². The largest absolute Gasteiger partial charge is 0.342 e. The summed E-state index contributed by atoms with van der Waals surface area (Å²) in [6, 6.07) is 10.4. The lowest BCUT2D eigenvalue weighted by Crippen LogP contribution is -2.27. The summed E-state index contributed by atoms with van der Waals surface area (Å²) in [6.45, 7) is 1.65. The fourth-order valence-electron chi connectivity index (χ4n) is 3.36. The standard InChI is InChI=1S/C19H23N3O2/c23-18-11-16(13-22(18)12-15-9-10-15)19-20-17(21-24-19)8-4-7-14-5-2-1-3-6-14/h1-3,5-6,15-16H,4,7-13H2/t16-/m0/s1. The van der Waals surface area contributed by atoms with Crippen LogP contribution >= 0.6 is 0 Å². The summed E-state index contributed by atoms with van der Waals surface area (Å²) < 4.78 is 5.43. The molecule has 1 atom stereocenters. The van der Waals surface area contributed by atoms with E-state index in [1.807, 2.05) is 11.0 Å². The molecule has 126 valence electrons. The van der Waals surface area contributed by atoms with E-state index in [4.69, 9.17) is 4.52 Å². The van der Waals surface area contributed by atoms with E-state index in [2.05, 4.69) is 34.4 Å². The van der Waals surface area contributed by atoms with Gasteiger partial charge in [0.05, 0.1) is 5.92 Å². The monoisotopic (exact) mass is 325 g/mol. The van der Waals surface area contributed by atoms with E-state index < -0.39 is 0 Å². The Hall–Kier alpha value is -2.17. The third kappa shape index (κ3) is 3.66. The highest BCUT2D eigenvalue weighted by Gasteiger charge is 2.36. The van der Waals surface area contributed by atoms with Gasteiger partial charge in [0, 0.05) is 25.9 Å². The quantitative estimate of drug-likeness (QED) is 0.785. The van der Waals surface area contributed by atoms with E-state index in [-0.39, 0.29) is 11.8 Å². The number of aromatic nitrogens is 2. The molecule has 1 aliphatic carbocycles. The molecule has 0 radical (unpaired) electrons. The van der Waals surface area contributed by atoms with E-state index in [0.29, 0.717) is 12.3 Å². The van der Waals surface area contributed by atoms with Crippen LogP contribution in [0.3, 0.4) is 0 Å². The highest BCUT2D eigenvalue weighted by Crippen LogP contribution is 2.34. The molecule has 2 fully saturated rings. The first-order valence-corrected chi connectivity index (χ1v) is 8.92. The van der Waals surface area contributed by atoms with Crippen LogP contribution in [0.25, 0.3) is 0 Å². The predicted octanol–water partition coefficient (Wildman–Crippen LogP) is 2.97. The summed E-state index contributed by atoms with van der Waals surface area (Å²) in [4.78, 5) is 18.6.